The molecule has 1 aromatic rings. The molecule has 3 rings (SSSR count). The molecule has 1 aromatic carbocycles. The lowest BCUT2D eigenvalue weighted by Gasteiger charge is -2.38. The highest BCUT2D eigenvalue weighted by Crippen LogP contribution is 2.44. The van der Waals surface area contributed by atoms with Crippen molar-refractivity contribution < 1.29 is 4.79 Å². The lowest BCUT2D eigenvalue weighted by molar-refractivity contribution is 0.100. The van der Waals surface area contributed by atoms with Crippen LogP contribution in [0.2, 0.25) is 0 Å². The molecule has 2 saturated carbocycles. The molecule has 0 bridgehead atoms. The molecule has 132 valence electrons. The second-order valence-electron chi connectivity index (χ2n) is 8.17. The Hall–Kier alpha value is -1.31. The molecule has 2 fully saturated rings. The van der Waals surface area contributed by atoms with Crippen LogP contribution in [-0.2, 0) is 0 Å². The predicted octanol–water partition coefficient (Wildman–Crippen LogP) is 5.67. The van der Waals surface area contributed by atoms with Crippen LogP contribution in [0.5, 0.6) is 0 Å². The molecule has 2 aliphatic carbocycles. The highest BCUT2D eigenvalue weighted by Gasteiger charge is 2.31. The Bertz CT molecular complexity index is 519. The number of amides is 1. The Morgan fingerprint density at radius 3 is 1.96 bits per heavy atom. The van der Waals surface area contributed by atoms with Crippen molar-refractivity contribution in [1.29, 1.82) is 0 Å². The van der Waals surface area contributed by atoms with E-state index in [0.717, 1.165) is 17.8 Å². The minimum atomic E-state index is -0.330. The van der Waals surface area contributed by atoms with Crippen LogP contribution in [-0.4, -0.2) is 5.91 Å². The van der Waals surface area contributed by atoms with E-state index in [2.05, 4.69) is 19.1 Å². The summed E-state index contributed by atoms with van der Waals surface area (Å²) in [7, 11) is 0. The summed E-state index contributed by atoms with van der Waals surface area (Å²) in [6.45, 7) is 2.32. The van der Waals surface area contributed by atoms with Gasteiger partial charge in [-0.2, -0.15) is 0 Å². The van der Waals surface area contributed by atoms with Gasteiger partial charge in [0, 0.05) is 5.56 Å². The lowest BCUT2D eigenvalue weighted by Crippen LogP contribution is -2.25. The number of rotatable bonds is 5. The van der Waals surface area contributed by atoms with Gasteiger partial charge >= 0.3 is 0 Å². The van der Waals surface area contributed by atoms with Gasteiger partial charge in [-0.1, -0.05) is 44.7 Å². The molecule has 0 saturated heterocycles. The van der Waals surface area contributed by atoms with Crippen LogP contribution in [0.1, 0.15) is 93.0 Å². The van der Waals surface area contributed by atoms with Gasteiger partial charge in [0.15, 0.2) is 0 Å². The van der Waals surface area contributed by atoms with Crippen LogP contribution in [0.15, 0.2) is 24.3 Å². The van der Waals surface area contributed by atoms with E-state index in [1.54, 1.807) is 0 Å². The molecule has 2 aliphatic rings. The standard InChI is InChI=1S/C22H33NO/c1-2-3-16-4-6-17(7-5-16)18-8-10-19(11-9-18)20-12-14-21(15-13-20)22(23)24/h12-19H,2-11H2,1H3,(H2,23,24)/t16-,17-,18?,19?. The highest BCUT2D eigenvalue weighted by molar-refractivity contribution is 5.92. The molecule has 0 spiro atoms. The summed E-state index contributed by atoms with van der Waals surface area (Å²) < 4.78 is 0. The van der Waals surface area contributed by atoms with Crippen LogP contribution < -0.4 is 5.73 Å². The average Bonchev–Trinajstić information content (AvgIpc) is 2.63. The van der Waals surface area contributed by atoms with E-state index in [1.165, 1.54) is 69.8 Å². The Kier molecular flexibility index (Phi) is 5.97. The van der Waals surface area contributed by atoms with Gasteiger partial charge in [0.05, 0.1) is 0 Å². The molecule has 0 aliphatic heterocycles. The molecule has 2 N–H and O–H groups in total. The van der Waals surface area contributed by atoms with Gasteiger partial charge in [-0.05, 0) is 79.9 Å². The zero-order valence-electron chi connectivity index (χ0n) is 15.2. The minimum Gasteiger partial charge on any atom is -0.366 e. The first kappa shape index (κ1) is 17.5. The first-order chi connectivity index (χ1) is 11.7. The van der Waals surface area contributed by atoms with Crippen LogP contribution in [0.4, 0.5) is 0 Å². The van der Waals surface area contributed by atoms with Crippen molar-refractivity contribution >= 4 is 5.91 Å². The van der Waals surface area contributed by atoms with Gasteiger partial charge in [0.1, 0.15) is 0 Å². The molecule has 0 unspecified atom stereocenters. The average molecular weight is 328 g/mol. The van der Waals surface area contributed by atoms with E-state index in [9.17, 15) is 4.79 Å². The molecule has 1 amide bonds. The van der Waals surface area contributed by atoms with Crippen molar-refractivity contribution in [2.75, 3.05) is 0 Å². The number of benzene rings is 1. The topological polar surface area (TPSA) is 43.1 Å². The molecule has 2 heteroatoms. The highest BCUT2D eigenvalue weighted by atomic mass is 16.1. The van der Waals surface area contributed by atoms with E-state index in [0.29, 0.717) is 11.5 Å². The SMILES string of the molecule is CCC[C@H]1CC[C@H](C2CCC(c3ccc(C(N)=O)cc3)CC2)CC1. The van der Waals surface area contributed by atoms with Crippen LogP contribution in [0.3, 0.4) is 0 Å². The Morgan fingerprint density at radius 1 is 0.917 bits per heavy atom. The number of carbonyl (C=O) groups excluding carboxylic acids is 1. The molecule has 24 heavy (non-hydrogen) atoms. The van der Waals surface area contributed by atoms with E-state index >= 15 is 0 Å². The quantitative estimate of drug-likeness (QED) is 0.744. The fourth-order valence-electron chi connectivity index (χ4n) is 5.20. The summed E-state index contributed by atoms with van der Waals surface area (Å²) in [5, 5.41) is 0. The molecule has 0 atom stereocenters. The molecule has 2 nitrogen and oxygen atoms in total. The molecular formula is C22H33NO. The van der Waals surface area contributed by atoms with E-state index in [4.69, 9.17) is 5.73 Å². The number of nitrogens with two attached hydrogens (primary N) is 1. The van der Waals surface area contributed by atoms with Gasteiger partial charge in [-0.3, -0.25) is 4.79 Å². The fraction of sp³-hybridized carbons (Fsp3) is 0.682. The second-order valence-corrected chi connectivity index (χ2v) is 8.17. The van der Waals surface area contributed by atoms with Gasteiger partial charge in [-0.25, -0.2) is 0 Å². The van der Waals surface area contributed by atoms with Gasteiger partial charge in [-0.15, -0.1) is 0 Å². The van der Waals surface area contributed by atoms with Gasteiger partial charge in [0.2, 0.25) is 5.91 Å². The monoisotopic (exact) mass is 327 g/mol. The fourth-order valence-corrected chi connectivity index (χ4v) is 5.20. The smallest absolute Gasteiger partial charge is 0.248 e. The van der Waals surface area contributed by atoms with Gasteiger partial charge < -0.3 is 5.73 Å². The van der Waals surface area contributed by atoms with Gasteiger partial charge in [0.25, 0.3) is 0 Å². The summed E-state index contributed by atoms with van der Waals surface area (Å²) in [5.41, 5.74) is 7.35. The van der Waals surface area contributed by atoms with Crippen molar-refractivity contribution in [3.05, 3.63) is 35.4 Å². The largest absolute Gasteiger partial charge is 0.366 e. The van der Waals surface area contributed by atoms with Crippen molar-refractivity contribution in [3.63, 3.8) is 0 Å². The van der Waals surface area contributed by atoms with Crippen molar-refractivity contribution in [3.8, 4) is 0 Å². The number of hydrogen-bond acceptors (Lipinski definition) is 1. The van der Waals surface area contributed by atoms with E-state index < -0.39 is 0 Å². The summed E-state index contributed by atoms with van der Waals surface area (Å²) in [6, 6.07) is 8.00. The minimum absolute atomic E-state index is 0.330. The predicted molar refractivity (Wildman–Crippen MR) is 100 cm³/mol. The van der Waals surface area contributed by atoms with E-state index in [1.807, 2.05) is 12.1 Å². The number of hydrogen-bond donors (Lipinski definition) is 1. The maximum Gasteiger partial charge on any atom is 0.248 e. The van der Waals surface area contributed by atoms with Crippen molar-refractivity contribution in [2.24, 2.45) is 23.5 Å². The summed E-state index contributed by atoms with van der Waals surface area (Å²) in [6.07, 6.45) is 14.1. The molecule has 0 aromatic heterocycles. The number of primary amides is 1. The lowest BCUT2D eigenvalue weighted by atomic mass is 9.68. The third kappa shape index (κ3) is 4.20. The van der Waals surface area contributed by atoms with E-state index in [-0.39, 0.29) is 5.91 Å². The zero-order valence-corrected chi connectivity index (χ0v) is 15.2. The summed E-state index contributed by atoms with van der Waals surface area (Å²) in [4.78, 5) is 11.2. The number of carbonyl (C=O) groups is 1. The maximum absolute atomic E-state index is 11.2. The first-order valence-corrected chi connectivity index (χ1v) is 10.1. The Balaban J connectivity index is 1.48. The summed E-state index contributed by atoms with van der Waals surface area (Å²) in [5.74, 6) is 3.33. The summed E-state index contributed by atoms with van der Waals surface area (Å²) >= 11 is 0. The third-order valence-corrected chi connectivity index (χ3v) is 6.69. The van der Waals surface area contributed by atoms with Crippen LogP contribution in [0.25, 0.3) is 0 Å². The van der Waals surface area contributed by atoms with Crippen molar-refractivity contribution in [2.45, 2.75) is 77.0 Å². The molecular weight excluding hydrogens is 294 g/mol. The Labute approximate surface area is 147 Å². The molecule has 0 heterocycles. The molecule has 0 radical (unpaired) electrons. The first-order valence-electron chi connectivity index (χ1n) is 10.1. The zero-order chi connectivity index (χ0) is 16.9. The third-order valence-electron chi connectivity index (χ3n) is 6.69. The second kappa shape index (κ2) is 8.18. The normalized spacial score (nSPS) is 30.9. The Morgan fingerprint density at radius 2 is 1.46 bits per heavy atom. The maximum atomic E-state index is 11.2. The van der Waals surface area contributed by atoms with Crippen LogP contribution in [0, 0.1) is 17.8 Å². The van der Waals surface area contributed by atoms with Crippen molar-refractivity contribution in [1.82, 2.24) is 0 Å². The van der Waals surface area contributed by atoms with Crippen LogP contribution >= 0.6 is 0 Å².